The van der Waals surface area contributed by atoms with Gasteiger partial charge in [-0.05, 0) is 36.8 Å². The third-order valence-electron chi connectivity index (χ3n) is 4.58. The van der Waals surface area contributed by atoms with E-state index in [9.17, 15) is 24.6 Å². The second-order valence-electron chi connectivity index (χ2n) is 6.40. The van der Waals surface area contributed by atoms with E-state index in [-0.39, 0.29) is 39.4 Å². The van der Waals surface area contributed by atoms with E-state index in [0.717, 1.165) is 0 Å². The lowest BCUT2D eigenvalue weighted by Crippen LogP contribution is -2.23. The van der Waals surface area contributed by atoms with Crippen molar-refractivity contribution in [3.63, 3.8) is 0 Å². The van der Waals surface area contributed by atoms with E-state index in [2.05, 4.69) is 0 Å². The number of Topliss-reactive ketones (excluding diaryl/α,β-unsaturated/α-hetero) is 1. The lowest BCUT2D eigenvalue weighted by molar-refractivity contribution is -0.268. The van der Waals surface area contributed by atoms with Crippen molar-refractivity contribution >= 4 is 22.7 Å². The SMILES string of the molecule is CC(=O)c1ccc(-c2c3ccc(=O)cc-3oc3cc([O-])ccc23)c(C(=O)[O-])c1. The number of benzene rings is 3. The van der Waals surface area contributed by atoms with E-state index in [4.69, 9.17) is 4.42 Å². The summed E-state index contributed by atoms with van der Waals surface area (Å²) in [5.41, 5.74) is 1.29. The summed E-state index contributed by atoms with van der Waals surface area (Å²) in [6.07, 6.45) is 0. The second-order valence-corrected chi connectivity index (χ2v) is 6.40. The second kappa shape index (κ2) is 6.35. The fourth-order valence-corrected chi connectivity index (χ4v) is 3.29. The number of ketones is 1. The van der Waals surface area contributed by atoms with Gasteiger partial charge in [-0.25, -0.2) is 0 Å². The number of carboxylic acid groups (broad SMARTS) is 1. The fraction of sp³-hybridized carbons (Fsp3) is 0.0455. The van der Waals surface area contributed by atoms with Gasteiger partial charge >= 0.3 is 0 Å². The fourth-order valence-electron chi connectivity index (χ4n) is 3.29. The first kappa shape index (κ1) is 17.5. The van der Waals surface area contributed by atoms with Crippen LogP contribution in [0.2, 0.25) is 0 Å². The Morgan fingerprint density at radius 3 is 2.39 bits per heavy atom. The van der Waals surface area contributed by atoms with Gasteiger partial charge in [0, 0.05) is 33.7 Å². The molecule has 1 aliphatic carbocycles. The normalized spacial score (nSPS) is 11.0. The predicted molar refractivity (Wildman–Crippen MR) is 98.3 cm³/mol. The molecule has 1 aliphatic heterocycles. The maximum atomic E-state index is 11.8. The van der Waals surface area contributed by atoms with Crippen molar-refractivity contribution in [3.05, 3.63) is 75.9 Å². The number of carboxylic acids is 1. The van der Waals surface area contributed by atoms with E-state index < -0.39 is 5.97 Å². The number of rotatable bonds is 3. The van der Waals surface area contributed by atoms with Gasteiger partial charge in [-0.15, -0.1) is 5.75 Å². The van der Waals surface area contributed by atoms with E-state index in [1.54, 1.807) is 12.1 Å². The van der Waals surface area contributed by atoms with Crippen LogP contribution in [0, 0.1) is 0 Å². The molecule has 138 valence electrons. The molecule has 0 fully saturated rings. The summed E-state index contributed by atoms with van der Waals surface area (Å²) in [4.78, 5) is 35.2. The Bertz CT molecular complexity index is 1300. The molecule has 2 aromatic rings. The van der Waals surface area contributed by atoms with Crippen LogP contribution >= 0.6 is 0 Å². The molecule has 0 bridgehead atoms. The summed E-state index contributed by atoms with van der Waals surface area (Å²) in [6.45, 7) is 1.34. The minimum atomic E-state index is -1.44. The standard InChI is InChI=1S/C22H14O6/c1-11(23)12-2-5-15(18(8-12)22(26)27)21-16-6-3-13(24)9-19(16)28-20-10-14(25)4-7-17(20)21/h2-10,24H,1H3,(H,26,27)/p-2. The van der Waals surface area contributed by atoms with Crippen molar-refractivity contribution in [2.45, 2.75) is 6.92 Å². The minimum absolute atomic E-state index is 0.168. The monoisotopic (exact) mass is 372 g/mol. The summed E-state index contributed by atoms with van der Waals surface area (Å²) in [5, 5.41) is 24.1. The average molecular weight is 372 g/mol. The van der Waals surface area contributed by atoms with E-state index in [0.29, 0.717) is 22.1 Å². The van der Waals surface area contributed by atoms with Crippen LogP contribution in [0.4, 0.5) is 0 Å². The van der Waals surface area contributed by atoms with Crippen LogP contribution in [0.15, 0.2) is 63.8 Å². The van der Waals surface area contributed by atoms with Crippen LogP contribution in [0.1, 0.15) is 27.6 Å². The maximum absolute atomic E-state index is 11.8. The number of hydrogen-bond donors (Lipinski definition) is 0. The number of carbonyl (C=O) groups is 2. The molecule has 0 amide bonds. The molecule has 28 heavy (non-hydrogen) atoms. The lowest BCUT2D eigenvalue weighted by atomic mass is 9.89. The zero-order chi connectivity index (χ0) is 20.0. The lowest BCUT2D eigenvalue weighted by Gasteiger charge is -2.19. The van der Waals surface area contributed by atoms with Gasteiger partial charge in [0.2, 0.25) is 0 Å². The summed E-state index contributed by atoms with van der Waals surface area (Å²) in [6, 6.07) is 12.6. The van der Waals surface area contributed by atoms with Crippen LogP contribution in [0.25, 0.3) is 33.4 Å². The molecule has 0 saturated heterocycles. The highest BCUT2D eigenvalue weighted by atomic mass is 16.4. The Hall–Kier alpha value is -3.93. The Kier molecular flexibility index (Phi) is 3.96. The van der Waals surface area contributed by atoms with Gasteiger partial charge in [0.15, 0.2) is 11.2 Å². The first-order chi connectivity index (χ1) is 13.3. The van der Waals surface area contributed by atoms with Crippen LogP contribution in [-0.2, 0) is 0 Å². The highest BCUT2D eigenvalue weighted by Crippen LogP contribution is 2.41. The number of hydrogen-bond acceptors (Lipinski definition) is 6. The van der Waals surface area contributed by atoms with Gasteiger partial charge in [-0.3, -0.25) is 9.59 Å². The van der Waals surface area contributed by atoms with Crippen molar-refractivity contribution in [2.24, 2.45) is 0 Å². The number of aromatic carboxylic acids is 1. The largest absolute Gasteiger partial charge is 0.872 e. The van der Waals surface area contributed by atoms with E-state index >= 15 is 0 Å². The van der Waals surface area contributed by atoms with Crippen molar-refractivity contribution in [3.8, 4) is 28.2 Å². The smallest absolute Gasteiger partial charge is 0.182 e. The molecule has 6 nitrogen and oxygen atoms in total. The highest BCUT2D eigenvalue weighted by molar-refractivity contribution is 6.08. The van der Waals surface area contributed by atoms with Gasteiger partial charge in [0.1, 0.15) is 11.3 Å². The summed E-state index contributed by atoms with van der Waals surface area (Å²) in [5.74, 6) is -1.78. The minimum Gasteiger partial charge on any atom is -0.872 e. The molecule has 4 rings (SSSR count). The van der Waals surface area contributed by atoms with Gasteiger partial charge in [-0.2, -0.15) is 0 Å². The molecule has 2 aliphatic rings. The van der Waals surface area contributed by atoms with Gasteiger partial charge in [0.05, 0.1) is 5.97 Å². The van der Waals surface area contributed by atoms with Gasteiger partial charge in [-0.1, -0.05) is 24.3 Å². The molecule has 0 unspecified atom stereocenters. The maximum Gasteiger partial charge on any atom is 0.182 e. The number of carbonyl (C=O) groups excluding carboxylic acids is 2. The molecule has 2 aromatic carbocycles. The summed E-state index contributed by atoms with van der Waals surface area (Å²) < 4.78 is 5.72. The van der Waals surface area contributed by atoms with E-state index in [1.165, 1.54) is 49.4 Å². The molecule has 6 heteroatoms. The van der Waals surface area contributed by atoms with Gasteiger partial charge < -0.3 is 19.4 Å². The molecule has 0 radical (unpaired) electrons. The molecule has 0 spiro atoms. The molecule has 1 heterocycles. The zero-order valence-electron chi connectivity index (χ0n) is 14.6. The average Bonchev–Trinajstić information content (AvgIpc) is 2.65. The summed E-state index contributed by atoms with van der Waals surface area (Å²) >= 11 is 0. The molecule has 0 saturated carbocycles. The Morgan fingerprint density at radius 2 is 1.68 bits per heavy atom. The van der Waals surface area contributed by atoms with Gasteiger partial charge in [0.25, 0.3) is 0 Å². The first-order valence-electron chi connectivity index (χ1n) is 8.39. The van der Waals surface area contributed by atoms with Crippen LogP contribution in [-0.4, -0.2) is 11.8 Å². The quantitative estimate of drug-likeness (QED) is 0.403. The molecule has 0 N–H and O–H groups in total. The molecule has 0 atom stereocenters. The van der Waals surface area contributed by atoms with Crippen molar-refractivity contribution in [1.82, 2.24) is 0 Å². The Balaban J connectivity index is 2.17. The van der Waals surface area contributed by atoms with Crippen molar-refractivity contribution in [2.75, 3.05) is 0 Å². The van der Waals surface area contributed by atoms with Crippen LogP contribution in [0.5, 0.6) is 5.75 Å². The summed E-state index contributed by atoms with van der Waals surface area (Å²) in [7, 11) is 0. The molecular formula is C22H12O6-2. The third-order valence-corrected chi connectivity index (χ3v) is 4.58. The highest BCUT2D eigenvalue weighted by Gasteiger charge is 2.20. The zero-order valence-corrected chi connectivity index (χ0v) is 14.6. The Labute approximate surface area is 158 Å². The first-order valence-corrected chi connectivity index (χ1v) is 8.39. The third kappa shape index (κ3) is 2.81. The van der Waals surface area contributed by atoms with Crippen molar-refractivity contribution in [1.29, 1.82) is 0 Å². The van der Waals surface area contributed by atoms with Crippen LogP contribution in [0.3, 0.4) is 0 Å². The topological polar surface area (TPSA) is 110 Å². The number of fused-ring (bicyclic) bond motifs is 2. The molecular weight excluding hydrogens is 360 g/mol. The Morgan fingerprint density at radius 1 is 0.929 bits per heavy atom. The predicted octanol–water partition coefficient (Wildman–Crippen LogP) is 2.20. The van der Waals surface area contributed by atoms with Crippen molar-refractivity contribution < 1.29 is 24.2 Å². The van der Waals surface area contributed by atoms with E-state index in [1.807, 2.05) is 0 Å². The van der Waals surface area contributed by atoms with Crippen LogP contribution < -0.4 is 15.6 Å². The molecule has 0 aromatic heterocycles.